The summed E-state index contributed by atoms with van der Waals surface area (Å²) in [7, 11) is 1.61. The molecule has 0 unspecified atom stereocenters. The van der Waals surface area contributed by atoms with E-state index in [-0.39, 0.29) is 12.1 Å². The molecule has 7 nitrogen and oxygen atoms in total. The van der Waals surface area contributed by atoms with Crippen LogP contribution in [0.15, 0.2) is 65.8 Å². The van der Waals surface area contributed by atoms with Crippen LogP contribution in [0.1, 0.15) is 11.1 Å². The molecule has 3 rings (SSSR count). The molecule has 3 aromatic carbocycles. The number of hydrogen-bond acceptors (Lipinski definition) is 5. The van der Waals surface area contributed by atoms with Crippen LogP contribution in [0, 0.1) is 10.1 Å². The summed E-state index contributed by atoms with van der Waals surface area (Å²) in [6.45, 7) is 0. The SMILES string of the molecule is COc1ccc(/C=N/NC(=O)Cc2ccccc2[N+](=O)[O-])c2ccccc12. The molecule has 1 amide bonds. The number of para-hydroxylation sites is 1. The van der Waals surface area contributed by atoms with Crippen LogP contribution in [-0.2, 0) is 11.2 Å². The van der Waals surface area contributed by atoms with Crippen molar-refractivity contribution >= 4 is 28.6 Å². The topological polar surface area (TPSA) is 93.8 Å². The lowest BCUT2D eigenvalue weighted by molar-refractivity contribution is -0.385. The normalized spacial score (nSPS) is 10.9. The Morgan fingerprint density at radius 2 is 1.81 bits per heavy atom. The Morgan fingerprint density at radius 3 is 2.56 bits per heavy atom. The maximum absolute atomic E-state index is 12.1. The van der Waals surface area contributed by atoms with Crippen LogP contribution in [0.5, 0.6) is 5.75 Å². The van der Waals surface area contributed by atoms with Gasteiger partial charge in [-0.2, -0.15) is 5.10 Å². The summed E-state index contributed by atoms with van der Waals surface area (Å²) in [5.74, 6) is 0.321. The number of methoxy groups -OCH3 is 1. The predicted molar refractivity (Wildman–Crippen MR) is 103 cm³/mol. The highest BCUT2D eigenvalue weighted by Gasteiger charge is 2.15. The van der Waals surface area contributed by atoms with Crippen LogP contribution in [0.25, 0.3) is 10.8 Å². The van der Waals surface area contributed by atoms with Gasteiger partial charge in [-0.25, -0.2) is 5.43 Å². The lowest BCUT2D eigenvalue weighted by Gasteiger charge is -2.07. The molecule has 0 fully saturated rings. The van der Waals surface area contributed by atoms with Crippen LogP contribution in [0.2, 0.25) is 0 Å². The first-order valence-corrected chi connectivity index (χ1v) is 8.20. The zero-order valence-electron chi connectivity index (χ0n) is 14.6. The first kappa shape index (κ1) is 18.1. The molecule has 0 aliphatic carbocycles. The first-order chi connectivity index (χ1) is 13.1. The summed E-state index contributed by atoms with van der Waals surface area (Å²) in [5.41, 5.74) is 3.49. The number of rotatable bonds is 6. The van der Waals surface area contributed by atoms with Crippen LogP contribution >= 0.6 is 0 Å². The van der Waals surface area contributed by atoms with Crippen molar-refractivity contribution in [2.24, 2.45) is 5.10 Å². The Morgan fingerprint density at radius 1 is 1.11 bits per heavy atom. The second-order valence-corrected chi connectivity index (χ2v) is 5.76. The lowest BCUT2D eigenvalue weighted by Crippen LogP contribution is -2.20. The maximum atomic E-state index is 12.1. The number of carbonyl (C=O) groups is 1. The lowest BCUT2D eigenvalue weighted by atomic mass is 10.0. The summed E-state index contributed by atoms with van der Waals surface area (Å²) in [4.78, 5) is 22.6. The summed E-state index contributed by atoms with van der Waals surface area (Å²) in [5, 5.41) is 16.9. The molecule has 3 aromatic rings. The van der Waals surface area contributed by atoms with Gasteiger partial charge in [-0.3, -0.25) is 14.9 Å². The van der Waals surface area contributed by atoms with Gasteiger partial charge >= 0.3 is 0 Å². The van der Waals surface area contributed by atoms with Crippen LogP contribution < -0.4 is 10.2 Å². The molecule has 136 valence electrons. The van der Waals surface area contributed by atoms with Crippen molar-refractivity contribution in [3.63, 3.8) is 0 Å². The highest BCUT2D eigenvalue weighted by atomic mass is 16.6. The number of ether oxygens (including phenoxy) is 1. The van der Waals surface area contributed by atoms with E-state index in [4.69, 9.17) is 4.74 Å². The minimum absolute atomic E-state index is 0.0854. The third kappa shape index (κ3) is 4.09. The molecule has 0 spiro atoms. The second-order valence-electron chi connectivity index (χ2n) is 5.76. The molecule has 0 saturated carbocycles. The van der Waals surface area contributed by atoms with Crippen molar-refractivity contribution in [1.82, 2.24) is 5.43 Å². The highest BCUT2D eigenvalue weighted by molar-refractivity contribution is 6.02. The molecule has 0 aromatic heterocycles. The zero-order valence-corrected chi connectivity index (χ0v) is 14.6. The van der Waals surface area contributed by atoms with Crippen molar-refractivity contribution in [2.75, 3.05) is 7.11 Å². The Balaban J connectivity index is 1.74. The van der Waals surface area contributed by atoms with Crippen LogP contribution in [-0.4, -0.2) is 24.2 Å². The average molecular weight is 363 g/mol. The Hall–Kier alpha value is -3.74. The number of carbonyl (C=O) groups excluding carboxylic acids is 1. The quantitative estimate of drug-likeness (QED) is 0.412. The van der Waals surface area contributed by atoms with Gasteiger partial charge in [0.1, 0.15) is 5.75 Å². The van der Waals surface area contributed by atoms with Gasteiger partial charge in [0.15, 0.2) is 0 Å². The molecule has 0 aliphatic heterocycles. The number of hydrogen-bond donors (Lipinski definition) is 1. The van der Waals surface area contributed by atoms with Gasteiger partial charge < -0.3 is 4.74 Å². The highest BCUT2D eigenvalue weighted by Crippen LogP contribution is 2.27. The Kier molecular flexibility index (Phi) is 5.41. The van der Waals surface area contributed by atoms with E-state index in [0.29, 0.717) is 5.56 Å². The van der Waals surface area contributed by atoms with Gasteiger partial charge in [0, 0.05) is 22.6 Å². The number of benzene rings is 3. The van der Waals surface area contributed by atoms with Gasteiger partial charge in [0.25, 0.3) is 5.69 Å². The van der Waals surface area contributed by atoms with Crippen LogP contribution in [0.3, 0.4) is 0 Å². The minimum Gasteiger partial charge on any atom is -0.496 e. The number of hydrazone groups is 1. The fourth-order valence-corrected chi connectivity index (χ4v) is 2.81. The maximum Gasteiger partial charge on any atom is 0.273 e. The summed E-state index contributed by atoms with van der Waals surface area (Å²) in [6.07, 6.45) is 1.41. The van der Waals surface area contributed by atoms with E-state index in [9.17, 15) is 14.9 Å². The molecular weight excluding hydrogens is 346 g/mol. The number of fused-ring (bicyclic) bond motifs is 1. The molecule has 27 heavy (non-hydrogen) atoms. The van der Waals surface area contributed by atoms with Gasteiger partial charge in [-0.1, -0.05) is 42.5 Å². The van der Waals surface area contributed by atoms with Crippen molar-refractivity contribution < 1.29 is 14.5 Å². The van der Waals surface area contributed by atoms with E-state index in [1.807, 2.05) is 36.4 Å². The van der Waals surface area contributed by atoms with E-state index >= 15 is 0 Å². The zero-order chi connectivity index (χ0) is 19.2. The number of amides is 1. The molecule has 0 atom stereocenters. The van der Waals surface area contributed by atoms with E-state index in [1.54, 1.807) is 31.5 Å². The van der Waals surface area contributed by atoms with E-state index in [1.165, 1.54) is 6.07 Å². The van der Waals surface area contributed by atoms with E-state index in [2.05, 4.69) is 10.5 Å². The Bertz CT molecular complexity index is 1030. The smallest absolute Gasteiger partial charge is 0.273 e. The van der Waals surface area contributed by atoms with Crippen molar-refractivity contribution in [1.29, 1.82) is 0 Å². The third-order valence-electron chi connectivity index (χ3n) is 4.07. The molecule has 0 heterocycles. The molecule has 0 radical (unpaired) electrons. The average Bonchev–Trinajstić information content (AvgIpc) is 2.68. The van der Waals surface area contributed by atoms with Gasteiger partial charge in [-0.05, 0) is 17.5 Å². The molecule has 1 N–H and O–H groups in total. The monoisotopic (exact) mass is 363 g/mol. The van der Waals surface area contributed by atoms with Crippen molar-refractivity contribution in [3.05, 3.63) is 81.9 Å². The molecule has 0 bridgehead atoms. The molecular formula is C20H17N3O4. The molecule has 0 saturated heterocycles. The number of nitro benzene ring substituents is 1. The summed E-state index contributed by atoms with van der Waals surface area (Å²) in [6, 6.07) is 17.5. The summed E-state index contributed by atoms with van der Waals surface area (Å²) >= 11 is 0. The fourth-order valence-electron chi connectivity index (χ4n) is 2.81. The largest absolute Gasteiger partial charge is 0.496 e. The van der Waals surface area contributed by atoms with Gasteiger partial charge in [0.2, 0.25) is 5.91 Å². The second kappa shape index (κ2) is 8.09. The van der Waals surface area contributed by atoms with Crippen molar-refractivity contribution in [2.45, 2.75) is 6.42 Å². The number of nitrogens with zero attached hydrogens (tertiary/aromatic N) is 2. The molecule has 7 heteroatoms. The fraction of sp³-hybridized carbons (Fsp3) is 0.100. The number of nitrogens with one attached hydrogen (secondary N) is 1. The Labute approximate surface area is 155 Å². The standard InChI is InChI=1S/C20H17N3O4/c1-27-19-11-10-15(16-7-3-4-8-17(16)19)13-21-22-20(24)12-14-6-2-5-9-18(14)23(25)26/h2-11,13H,12H2,1H3,(H,22,24)/b21-13+. The predicted octanol–water partition coefficient (Wildman–Crippen LogP) is 3.45. The molecule has 0 aliphatic rings. The van der Waals surface area contributed by atoms with Gasteiger partial charge in [0.05, 0.1) is 24.7 Å². The van der Waals surface area contributed by atoms with Crippen LogP contribution in [0.4, 0.5) is 5.69 Å². The first-order valence-electron chi connectivity index (χ1n) is 8.20. The van der Waals surface area contributed by atoms with E-state index < -0.39 is 10.8 Å². The number of nitro groups is 1. The third-order valence-corrected chi connectivity index (χ3v) is 4.07. The minimum atomic E-state index is -0.505. The summed E-state index contributed by atoms with van der Waals surface area (Å²) < 4.78 is 5.35. The van der Waals surface area contributed by atoms with Gasteiger partial charge in [-0.15, -0.1) is 0 Å². The van der Waals surface area contributed by atoms with E-state index in [0.717, 1.165) is 22.1 Å². The van der Waals surface area contributed by atoms with Crippen molar-refractivity contribution in [3.8, 4) is 5.75 Å².